The van der Waals surface area contributed by atoms with Gasteiger partial charge in [-0.3, -0.25) is 4.79 Å². The number of carboxylic acid groups (broad SMARTS) is 1. The van der Waals surface area contributed by atoms with Crippen molar-refractivity contribution in [1.82, 2.24) is 4.31 Å². The Morgan fingerprint density at radius 1 is 1.43 bits per heavy atom. The van der Waals surface area contributed by atoms with Crippen molar-refractivity contribution < 1.29 is 23.1 Å². The van der Waals surface area contributed by atoms with Gasteiger partial charge in [-0.25, -0.2) is 8.42 Å². The largest absolute Gasteiger partial charge is 0.497 e. The molecule has 1 rings (SSSR count). The molecule has 0 saturated heterocycles. The molecule has 0 aliphatic carbocycles. The molecule has 1 aromatic rings. The molecule has 118 valence electrons. The fourth-order valence-electron chi connectivity index (χ4n) is 1.88. The van der Waals surface area contributed by atoms with Crippen molar-refractivity contribution >= 4 is 16.0 Å². The first-order valence-corrected chi connectivity index (χ1v) is 8.04. The zero-order valence-electron chi connectivity index (χ0n) is 12.7. The van der Waals surface area contributed by atoms with Crippen LogP contribution >= 0.6 is 0 Å². The Labute approximate surface area is 125 Å². The number of hydrogen-bond acceptors (Lipinski definition) is 4. The molecule has 0 spiro atoms. The Morgan fingerprint density at radius 3 is 2.52 bits per heavy atom. The molecule has 6 nitrogen and oxygen atoms in total. The lowest BCUT2D eigenvalue weighted by molar-refractivity contribution is -0.136. The summed E-state index contributed by atoms with van der Waals surface area (Å²) in [6.07, 6.45) is 0.292. The molecule has 0 heterocycles. The van der Waals surface area contributed by atoms with Gasteiger partial charge >= 0.3 is 5.97 Å². The lowest BCUT2D eigenvalue weighted by atomic mass is 10.1. The zero-order chi connectivity index (χ0) is 16.2. The molecule has 0 aliphatic heterocycles. The van der Waals surface area contributed by atoms with Crippen molar-refractivity contribution in [3.63, 3.8) is 0 Å². The third-order valence-corrected chi connectivity index (χ3v) is 5.55. The first kappa shape index (κ1) is 17.5. The molecule has 1 aromatic carbocycles. The lowest BCUT2D eigenvalue weighted by Gasteiger charge is -2.24. The first-order valence-electron chi connectivity index (χ1n) is 6.60. The minimum absolute atomic E-state index is 0.00787. The van der Waals surface area contributed by atoms with Gasteiger partial charge in [0.05, 0.1) is 18.4 Å². The average molecular weight is 315 g/mol. The second kappa shape index (κ2) is 6.91. The van der Waals surface area contributed by atoms with Crippen molar-refractivity contribution in [2.45, 2.75) is 37.6 Å². The van der Waals surface area contributed by atoms with Crippen molar-refractivity contribution in [2.75, 3.05) is 14.2 Å². The highest BCUT2D eigenvalue weighted by Gasteiger charge is 2.27. The highest BCUT2D eigenvalue weighted by Crippen LogP contribution is 2.26. The Hall–Kier alpha value is -1.60. The molecular formula is C14H21NO5S. The summed E-state index contributed by atoms with van der Waals surface area (Å²) in [4.78, 5) is 11.0. The van der Waals surface area contributed by atoms with E-state index in [1.54, 1.807) is 6.92 Å². The van der Waals surface area contributed by atoms with E-state index in [0.29, 0.717) is 12.2 Å². The zero-order valence-corrected chi connectivity index (χ0v) is 13.5. The molecule has 7 heteroatoms. The van der Waals surface area contributed by atoms with Gasteiger partial charge in [0, 0.05) is 13.1 Å². The topological polar surface area (TPSA) is 83.9 Å². The van der Waals surface area contributed by atoms with Crippen LogP contribution in [0.5, 0.6) is 5.75 Å². The smallest absolute Gasteiger partial charge is 0.307 e. The van der Waals surface area contributed by atoms with Gasteiger partial charge < -0.3 is 9.84 Å². The van der Waals surface area contributed by atoms with Gasteiger partial charge in [0.25, 0.3) is 0 Å². The Morgan fingerprint density at radius 2 is 2.05 bits per heavy atom. The fourth-order valence-corrected chi connectivity index (χ4v) is 3.52. The summed E-state index contributed by atoms with van der Waals surface area (Å²) in [6.45, 7) is 3.70. The summed E-state index contributed by atoms with van der Waals surface area (Å²) >= 11 is 0. The first-order chi connectivity index (χ1) is 9.73. The van der Waals surface area contributed by atoms with Crippen molar-refractivity contribution in [1.29, 1.82) is 0 Å². The summed E-state index contributed by atoms with van der Waals surface area (Å²) in [5.41, 5.74) is 0.219. The van der Waals surface area contributed by atoms with Gasteiger partial charge in [-0.2, -0.15) is 4.31 Å². The van der Waals surface area contributed by atoms with E-state index >= 15 is 0 Å². The van der Waals surface area contributed by atoms with E-state index in [-0.39, 0.29) is 22.9 Å². The van der Waals surface area contributed by atoms with Gasteiger partial charge in [-0.05, 0) is 37.1 Å². The van der Waals surface area contributed by atoms with E-state index in [1.807, 2.05) is 6.92 Å². The summed E-state index contributed by atoms with van der Waals surface area (Å²) in [7, 11) is -0.795. The maximum absolute atomic E-state index is 12.6. The normalized spacial score (nSPS) is 13.2. The predicted molar refractivity (Wildman–Crippen MR) is 79.0 cm³/mol. The molecule has 0 fully saturated rings. The van der Waals surface area contributed by atoms with Crippen LogP contribution in [0.15, 0.2) is 23.1 Å². The molecule has 0 amide bonds. The molecule has 0 aromatic heterocycles. The highest BCUT2D eigenvalue weighted by atomic mass is 32.2. The van der Waals surface area contributed by atoms with Crippen molar-refractivity contribution in [3.8, 4) is 5.75 Å². The van der Waals surface area contributed by atoms with Crippen LogP contribution in [0.1, 0.15) is 25.8 Å². The van der Waals surface area contributed by atoms with Gasteiger partial charge in [0.1, 0.15) is 5.75 Å². The van der Waals surface area contributed by atoms with Crippen LogP contribution in [-0.4, -0.2) is 44.0 Å². The number of hydrogen-bond donors (Lipinski definition) is 1. The number of carbonyl (C=O) groups is 1. The number of ether oxygens (including phenoxy) is 1. The third-order valence-electron chi connectivity index (χ3n) is 3.48. The van der Waals surface area contributed by atoms with Gasteiger partial charge in [0.2, 0.25) is 10.0 Å². The van der Waals surface area contributed by atoms with E-state index in [9.17, 15) is 13.2 Å². The number of benzene rings is 1. The maximum Gasteiger partial charge on any atom is 0.307 e. The number of sulfonamides is 1. The molecule has 1 N–H and O–H groups in total. The van der Waals surface area contributed by atoms with E-state index in [2.05, 4.69) is 0 Å². The number of methoxy groups -OCH3 is 1. The molecular weight excluding hydrogens is 294 g/mol. The number of rotatable bonds is 7. The molecule has 0 bridgehead atoms. The van der Waals surface area contributed by atoms with Gasteiger partial charge in [-0.15, -0.1) is 0 Å². The van der Waals surface area contributed by atoms with Crippen LogP contribution in [0.4, 0.5) is 0 Å². The predicted octanol–water partition coefficient (Wildman–Crippen LogP) is 1.74. The second-order valence-electron chi connectivity index (χ2n) is 4.82. The monoisotopic (exact) mass is 315 g/mol. The molecule has 0 radical (unpaired) electrons. The Kier molecular flexibility index (Phi) is 5.74. The van der Waals surface area contributed by atoms with Crippen molar-refractivity contribution in [2.24, 2.45) is 0 Å². The van der Waals surface area contributed by atoms with Crippen LogP contribution < -0.4 is 4.74 Å². The maximum atomic E-state index is 12.6. The molecule has 0 saturated carbocycles. The summed E-state index contributed by atoms with van der Waals surface area (Å²) in [5.74, 6) is -0.665. The molecule has 1 atom stereocenters. The minimum atomic E-state index is -3.74. The number of carboxylic acids is 1. The number of aliphatic carboxylic acids is 1. The van der Waals surface area contributed by atoms with Crippen LogP contribution in [-0.2, 0) is 21.2 Å². The second-order valence-corrected chi connectivity index (χ2v) is 6.79. The van der Waals surface area contributed by atoms with Crippen LogP contribution in [0.25, 0.3) is 0 Å². The van der Waals surface area contributed by atoms with Crippen molar-refractivity contribution in [3.05, 3.63) is 23.8 Å². The number of nitrogens with zero attached hydrogens (tertiary/aromatic N) is 1. The average Bonchev–Trinajstić information content (AvgIpc) is 2.44. The quantitative estimate of drug-likeness (QED) is 0.828. The molecule has 1 unspecified atom stereocenters. The van der Waals surface area contributed by atoms with Gasteiger partial charge in [-0.1, -0.05) is 6.92 Å². The van der Waals surface area contributed by atoms with E-state index in [4.69, 9.17) is 9.84 Å². The standard InChI is InChI=1S/C14H21NO5S/c1-5-10(2)15(3)21(18,19)13-7-6-12(20-4)8-11(13)9-14(16)17/h6-8,10H,5,9H2,1-4H3,(H,16,17). The van der Waals surface area contributed by atoms with E-state index < -0.39 is 16.0 Å². The lowest BCUT2D eigenvalue weighted by Crippen LogP contribution is -2.35. The minimum Gasteiger partial charge on any atom is -0.497 e. The third kappa shape index (κ3) is 3.95. The van der Waals surface area contributed by atoms with E-state index in [1.165, 1.54) is 36.7 Å². The summed E-state index contributed by atoms with van der Waals surface area (Å²) < 4.78 is 31.5. The van der Waals surface area contributed by atoms with Crippen LogP contribution in [0, 0.1) is 0 Å². The Balaban J connectivity index is 3.37. The van der Waals surface area contributed by atoms with Crippen LogP contribution in [0.3, 0.4) is 0 Å². The summed E-state index contributed by atoms with van der Waals surface area (Å²) in [6, 6.07) is 4.19. The Bertz CT molecular complexity index is 612. The fraction of sp³-hybridized carbons (Fsp3) is 0.500. The van der Waals surface area contributed by atoms with Gasteiger partial charge in [0.15, 0.2) is 0 Å². The molecule has 0 aliphatic rings. The molecule has 21 heavy (non-hydrogen) atoms. The summed E-state index contributed by atoms with van der Waals surface area (Å²) in [5, 5.41) is 8.97. The van der Waals surface area contributed by atoms with E-state index in [0.717, 1.165) is 0 Å². The SMILES string of the molecule is CCC(C)N(C)S(=O)(=O)c1ccc(OC)cc1CC(=O)O. The highest BCUT2D eigenvalue weighted by molar-refractivity contribution is 7.89. The van der Waals surface area contributed by atoms with Crippen LogP contribution in [0.2, 0.25) is 0 Å².